The van der Waals surface area contributed by atoms with Gasteiger partial charge in [-0.3, -0.25) is 4.98 Å². The predicted octanol–water partition coefficient (Wildman–Crippen LogP) is 2.03. The van der Waals surface area contributed by atoms with Gasteiger partial charge in [0.15, 0.2) is 5.60 Å². The van der Waals surface area contributed by atoms with Crippen molar-refractivity contribution in [1.29, 1.82) is 0 Å². The molecule has 0 saturated heterocycles. The van der Waals surface area contributed by atoms with Crippen molar-refractivity contribution >= 4 is 10.9 Å². The van der Waals surface area contributed by atoms with Crippen molar-refractivity contribution < 1.29 is 18.3 Å². The Morgan fingerprint density at radius 1 is 1.16 bits per heavy atom. The SMILES string of the molecule is NCC(O)(Cc1ccnc2ccccc12)C(F)(F)F. The van der Waals surface area contributed by atoms with Crippen LogP contribution in [0.2, 0.25) is 0 Å². The number of hydrogen-bond acceptors (Lipinski definition) is 3. The smallest absolute Gasteiger partial charge is 0.379 e. The van der Waals surface area contributed by atoms with Gasteiger partial charge in [0, 0.05) is 24.5 Å². The van der Waals surface area contributed by atoms with Gasteiger partial charge in [-0.1, -0.05) is 18.2 Å². The minimum absolute atomic E-state index is 0.371. The van der Waals surface area contributed by atoms with E-state index in [2.05, 4.69) is 4.98 Å². The lowest BCUT2D eigenvalue weighted by Gasteiger charge is -2.29. The maximum absolute atomic E-state index is 12.8. The number of fused-ring (bicyclic) bond motifs is 1. The zero-order valence-electron chi connectivity index (χ0n) is 9.98. The van der Waals surface area contributed by atoms with Gasteiger partial charge < -0.3 is 10.8 Å². The summed E-state index contributed by atoms with van der Waals surface area (Å²) >= 11 is 0. The predicted molar refractivity (Wildman–Crippen MR) is 65.5 cm³/mol. The molecule has 3 nitrogen and oxygen atoms in total. The largest absolute Gasteiger partial charge is 0.418 e. The Bertz CT molecular complexity index is 580. The molecule has 0 spiro atoms. The average Bonchev–Trinajstić information content (AvgIpc) is 2.38. The molecule has 0 aliphatic rings. The van der Waals surface area contributed by atoms with Gasteiger partial charge in [0.25, 0.3) is 0 Å². The van der Waals surface area contributed by atoms with E-state index >= 15 is 0 Å². The van der Waals surface area contributed by atoms with Crippen molar-refractivity contribution in [2.24, 2.45) is 5.73 Å². The zero-order valence-corrected chi connectivity index (χ0v) is 9.98. The van der Waals surface area contributed by atoms with Crippen LogP contribution < -0.4 is 5.73 Å². The highest BCUT2D eigenvalue weighted by molar-refractivity contribution is 5.81. The summed E-state index contributed by atoms with van der Waals surface area (Å²) in [5.74, 6) is 0. The minimum atomic E-state index is -4.77. The van der Waals surface area contributed by atoms with Crippen molar-refractivity contribution in [3.8, 4) is 0 Å². The van der Waals surface area contributed by atoms with E-state index < -0.39 is 24.7 Å². The van der Waals surface area contributed by atoms with Crippen molar-refractivity contribution in [3.63, 3.8) is 0 Å². The molecule has 1 aromatic heterocycles. The number of aliphatic hydroxyl groups is 1. The first-order valence-corrected chi connectivity index (χ1v) is 5.69. The fourth-order valence-corrected chi connectivity index (χ4v) is 1.91. The molecule has 0 bridgehead atoms. The van der Waals surface area contributed by atoms with Gasteiger partial charge in [-0.05, 0) is 17.7 Å². The first-order valence-electron chi connectivity index (χ1n) is 5.69. The number of para-hydroxylation sites is 1. The topological polar surface area (TPSA) is 59.1 Å². The summed E-state index contributed by atoms with van der Waals surface area (Å²) < 4.78 is 38.5. The lowest BCUT2D eigenvalue weighted by atomic mass is 9.92. The van der Waals surface area contributed by atoms with Crippen molar-refractivity contribution in [3.05, 3.63) is 42.1 Å². The molecule has 0 saturated carbocycles. The number of nitrogens with two attached hydrogens (primary N) is 1. The Morgan fingerprint density at radius 3 is 2.47 bits per heavy atom. The molecule has 0 radical (unpaired) electrons. The standard InChI is InChI=1S/C13H13F3N2O/c14-13(15,16)12(19,8-17)7-9-5-6-18-11-4-2-1-3-10(9)11/h1-6,19H,7-8,17H2. The highest BCUT2D eigenvalue weighted by Crippen LogP contribution is 2.33. The van der Waals surface area contributed by atoms with Gasteiger partial charge in [-0.25, -0.2) is 0 Å². The first-order chi connectivity index (χ1) is 8.87. The van der Waals surface area contributed by atoms with E-state index in [1.807, 2.05) is 0 Å². The first kappa shape index (κ1) is 13.8. The minimum Gasteiger partial charge on any atom is -0.379 e. The molecule has 0 amide bonds. The maximum atomic E-state index is 12.8. The molecule has 1 heterocycles. The second kappa shape index (κ2) is 4.79. The third-order valence-corrected chi connectivity index (χ3v) is 3.09. The monoisotopic (exact) mass is 270 g/mol. The Morgan fingerprint density at radius 2 is 1.84 bits per heavy atom. The number of aromatic nitrogens is 1. The van der Waals surface area contributed by atoms with Crippen molar-refractivity contribution in [2.45, 2.75) is 18.2 Å². The van der Waals surface area contributed by atoms with Crippen LogP contribution in [0.25, 0.3) is 10.9 Å². The molecule has 3 N–H and O–H groups in total. The van der Waals surface area contributed by atoms with E-state index in [-0.39, 0.29) is 0 Å². The molecule has 0 fully saturated rings. The van der Waals surface area contributed by atoms with Crippen molar-refractivity contribution in [2.75, 3.05) is 6.54 Å². The van der Waals surface area contributed by atoms with Crippen LogP contribution in [0.4, 0.5) is 13.2 Å². The van der Waals surface area contributed by atoms with Gasteiger partial charge in [-0.15, -0.1) is 0 Å². The highest BCUT2D eigenvalue weighted by atomic mass is 19.4. The number of nitrogens with zero attached hydrogens (tertiary/aromatic N) is 1. The van der Waals surface area contributed by atoms with E-state index in [1.54, 1.807) is 24.3 Å². The summed E-state index contributed by atoms with van der Waals surface area (Å²) in [6.07, 6.45) is -3.94. The molecule has 6 heteroatoms. The van der Waals surface area contributed by atoms with Crippen LogP contribution in [0.15, 0.2) is 36.5 Å². The second-order valence-corrected chi connectivity index (χ2v) is 4.40. The summed E-state index contributed by atoms with van der Waals surface area (Å²) in [6.45, 7) is -0.882. The summed E-state index contributed by atoms with van der Waals surface area (Å²) in [7, 11) is 0. The molecular weight excluding hydrogens is 257 g/mol. The van der Waals surface area contributed by atoms with Gasteiger partial charge in [-0.2, -0.15) is 13.2 Å². The molecule has 1 atom stereocenters. The zero-order chi connectivity index (χ0) is 14.1. The molecule has 1 unspecified atom stereocenters. The van der Waals surface area contributed by atoms with Crippen LogP contribution in [-0.4, -0.2) is 28.4 Å². The second-order valence-electron chi connectivity index (χ2n) is 4.40. The Kier molecular flexibility index (Phi) is 3.47. The molecule has 0 aliphatic heterocycles. The number of rotatable bonds is 3. The number of pyridine rings is 1. The van der Waals surface area contributed by atoms with Crippen LogP contribution in [0.1, 0.15) is 5.56 Å². The van der Waals surface area contributed by atoms with E-state index in [0.717, 1.165) is 0 Å². The van der Waals surface area contributed by atoms with Gasteiger partial charge in [0.2, 0.25) is 0 Å². The van der Waals surface area contributed by atoms with Crippen LogP contribution in [0, 0.1) is 0 Å². The molecule has 102 valence electrons. The Hall–Kier alpha value is -1.66. The lowest BCUT2D eigenvalue weighted by Crippen LogP contribution is -2.52. The van der Waals surface area contributed by atoms with Crippen LogP contribution in [0.3, 0.4) is 0 Å². The quantitative estimate of drug-likeness (QED) is 0.897. The number of alkyl halides is 3. The maximum Gasteiger partial charge on any atom is 0.418 e. The fourth-order valence-electron chi connectivity index (χ4n) is 1.91. The molecular formula is C13H13F3N2O. The number of hydrogen-bond donors (Lipinski definition) is 2. The third kappa shape index (κ3) is 2.54. The Labute approximate surface area is 107 Å². The normalized spacial score (nSPS) is 15.4. The third-order valence-electron chi connectivity index (χ3n) is 3.09. The van der Waals surface area contributed by atoms with E-state index in [1.165, 1.54) is 12.3 Å². The molecule has 2 rings (SSSR count). The van der Waals surface area contributed by atoms with Gasteiger partial charge in [0.05, 0.1) is 5.52 Å². The van der Waals surface area contributed by atoms with Gasteiger partial charge >= 0.3 is 6.18 Å². The molecule has 1 aromatic carbocycles. The summed E-state index contributed by atoms with van der Waals surface area (Å²) in [6, 6.07) is 8.30. The highest BCUT2D eigenvalue weighted by Gasteiger charge is 2.52. The van der Waals surface area contributed by atoms with E-state index in [0.29, 0.717) is 16.5 Å². The van der Waals surface area contributed by atoms with Gasteiger partial charge in [0.1, 0.15) is 0 Å². The summed E-state index contributed by atoms with van der Waals surface area (Å²) in [5, 5.41) is 10.3. The lowest BCUT2D eigenvalue weighted by molar-refractivity contribution is -0.255. The summed E-state index contributed by atoms with van der Waals surface area (Å²) in [5.41, 5.74) is 3.14. The average molecular weight is 270 g/mol. The number of halogens is 3. The summed E-state index contributed by atoms with van der Waals surface area (Å²) in [4.78, 5) is 4.07. The van der Waals surface area contributed by atoms with Crippen LogP contribution in [-0.2, 0) is 6.42 Å². The molecule has 19 heavy (non-hydrogen) atoms. The number of benzene rings is 1. The van der Waals surface area contributed by atoms with E-state index in [9.17, 15) is 18.3 Å². The fraction of sp³-hybridized carbons (Fsp3) is 0.308. The molecule has 2 aromatic rings. The van der Waals surface area contributed by atoms with E-state index in [4.69, 9.17) is 5.73 Å². The van der Waals surface area contributed by atoms with Crippen LogP contribution in [0.5, 0.6) is 0 Å². The van der Waals surface area contributed by atoms with Crippen molar-refractivity contribution in [1.82, 2.24) is 4.98 Å². The van der Waals surface area contributed by atoms with Crippen LogP contribution >= 0.6 is 0 Å². The Balaban J connectivity index is 2.46. The molecule has 0 aliphatic carbocycles.